The van der Waals surface area contributed by atoms with Crippen LogP contribution in [0.1, 0.15) is 30.5 Å². The lowest BCUT2D eigenvalue weighted by molar-refractivity contribution is 0.228. The van der Waals surface area contributed by atoms with Crippen LogP contribution in [0.3, 0.4) is 0 Å². The van der Waals surface area contributed by atoms with Gasteiger partial charge in [-0.1, -0.05) is 0 Å². The van der Waals surface area contributed by atoms with E-state index < -0.39 is 0 Å². The average Bonchev–Trinajstić information content (AvgIpc) is 2.84. The lowest BCUT2D eigenvalue weighted by Crippen LogP contribution is -2.40. The molecule has 0 spiro atoms. The number of rotatable bonds is 6. The van der Waals surface area contributed by atoms with Crippen molar-refractivity contribution in [2.45, 2.75) is 38.1 Å². The fraction of sp³-hybridized carbons (Fsp3) is 0.769. The molecule has 1 unspecified atom stereocenters. The van der Waals surface area contributed by atoms with Gasteiger partial charge in [0.25, 0.3) is 0 Å². The van der Waals surface area contributed by atoms with E-state index in [9.17, 15) is 0 Å². The van der Waals surface area contributed by atoms with Crippen LogP contribution in [0.2, 0.25) is 0 Å². The zero-order valence-corrected chi connectivity index (χ0v) is 13.3. The zero-order valence-electron chi connectivity index (χ0n) is 10.9. The Kier molecular flexibility index (Phi) is 6.29. The molecule has 1 aliphatic heterocycles. The average molecular weight is 305 g/mol. The van der Waals surface area contributed by atoms with E-state index in [1.807, 2.05) is 0 Å². The Balaban J connectivity index is 1.63. The number of halogens is 1. The van der Waals surface area contributed by atoms with Crippen molar-refractivity contribution in [3.63, 3.8) is 0 Å². The Labute approximate surface area is 123 Å². The molecule has 2 rings (SSSR count). The molecule has 0 radical (unpaired) electrons. The number of hydrogen-bond donors (Lipinski definition) is 0. The van der Waals surface area contributed by atoms with Crippen LogP contribution in [0.15, 0.2) is 5.38 Å². The van der Waals surface area contributed by atoms with Crippen LogP contribution >= 0.6 is 34.7 Å². The number of unbranched alkanes of at least 4 members (excludes halogenated alkanes) is 1. The second-order valence-electron chi connectivity index (χ2n) is 4.78. The molecule has 0 bridgehead atoms. The van der Waals surface area contributed by atoms with E-state index in [1.165, 1.54) is 42.4 Å². The molecule has 0 aliphatic carbocycles. The second kappa shape index (κ2) is 7.73. The quantitative estimate of drug-likeness (QED) is 0.589. The predicted molar refractivity (Wildman–Crippen MR) is 83.0 cm³/mol. The number of alkyl halides is 1. The van der Waals surface area contributed by atoms with Gasteiger partial charge in [0.15, 0.2) is 0 Å². The van der Waals surface area contributed by atoms with Crippen molar-refractivity contribution in [1.82, 2.24) is 9.88 Å². The van der Waals surface area contributed by atoms with Gasteiger partial charge in [-0.2, -0.15) is 11.8 Å². The first-order valence-corrected chi connectivity index (χ1v) is 9.17. The number of aryl methyl sites for hydroxylation is 1. The molecule has 1 aromatic rings. The van der Waals surface area contributed by atoms with Crippen molar-refractivity contribution in [2.24, 2.45) is 0 Å². The summed E-state index contributed by atoms with van der Waals surface area (Å²) >= 11 is 9.59. The van der Waals surface area contributed by atoms with E-state index in [-0.39, 0.29) is 0 Å². The minimum atomic E-state index is 0.541. The van der Waals surface area contributed by atoms with Gasteiger partial charge in [-0.25, -0.2) is 4.98 Å². The molecule has 1 aromatic heterocycles. The summed E-state index contributed by atoms with van der Waals surface area (Å²) in [5.41, 5.74) is 1.03. The minimum Gasteiger partial charge on any atom is -0.299 e. The Hall–Kier alpha value is 0.230. The first-order chi connectivity index (χ1) is 8.79. The fourth-order valence-electron chi connectivity index (χ4n) is 2.21. The number of nitrogens with zero attached hydrogens (tertiary/aromatic N) is 2. The topological polar surface area (TPSA) is 16.1 Å². The number of hydrogen-bond acceptors (Lipinski definition) is 4. The van der Waals surface area contributed by atoms with Gasteiger partial charge in [-0.05, 0) is 32.7 Å². The van der Waals surface area contributed by atoms with Crippen LogP contribution in [-0.2, 0) is 12.3 Å². The molecule has 18 heavy (non-hydrogen) atoms. The Morgan fingerprint density at radius 1 is 1.50 bits per heavy atom. The van der Waals surface area contributed by atoms with E-state index in [4.69, 9.17) is 11.6 Å². The zero-order chi connectivity index (χ0) is 12.8. The molecular formula is C13H21ClN2S2. The maximum absolute atomic E-state index is 5.75. The molecule has 0 amide bonds. The van der Waals surface area contributed by atoms with E-state index in [1.54, 1.807) is 11.3 Å². The van der Waals surface area contributed by atoms with Gasteiger partial charge in [0.1, 0.15) is 0 Å². The third-order valence-corrected chi connectivity index (χ3v) is 5.75. The molecule has 2 nitrogen and oxygen atoms in total. The predicted octanol–water partition coefficient (Wildman–Crippen LogP) is 3.64. The van der Waals surface area contributed by atoms with Crippen molar-refractivity contribution in [1.29, 1.82) is 0 Å². The maximum atomic E-state index is 5.75. The summed E-state index contributed by atoms with van der Waals surface area (Å²) < 4.78 is 0. The lowest BCUT2D eigenvalue weighted by Gasteiger charge is -2.32. The van der Waals surface area contributed by atoms with Crippen LogP contribution in [0.25, 0.3) is 0 Å². The van der Waals surface area contributed by atoms with Crippen LogP contribution in [-0.4, -0.2) is 40.5 Å². The highest BCUT2D eigenvalue weighted by atomic mass is 35.5. The fourth-order valence-corrected chi connectivity index (χ4v) is 4.36. The van der Waals surface area contributed by atoms with Crippen molar-refractivity contribution < 1.29 is 0 Å². The molecule has 5 heteroatoms. The standard InChI is InChI=1S/C13H21ClN2S2/c1-11-9-17-7-6-16(11)5-3-2-4-13-15-12(8-14)10-18-13/h10-11H,2-9H2,1H3. The van der Waals surface area contributed by atoms with E-state index in [0.717, 1.165) is 18.2 Å². The normalized spacial score (nSPS) is 21.3. The van der Waals surface area contributed by atoms with E-state index in [2.05, 4.69) is 33.9 Å². The Bertz CT molecular complexity index is 357. The molecular weight excluding hydrogens is 284 g/mol. The summed E-state index contributed by atoms with van der Waals surface area (Å²) in [5.74, 6) is 3.14. The van der Waals surface area contributed by atoms with Crippen LogP contribution in [0.5, 0.6) is 0 Å². The van der Waals surface area contributed by atoms with Crippen molar-refractivity contribution in [3.05, 3.63) is 16.1 Å². The van der Waals surface area contributed by atoms with Crippen LogP contribution < -0.4 is 0 Å². The first-order valence-electron chi connectivity index (χ1n) is 6.60. The highest BCUT2D eigenvalue weighted by molar-refractivity contribution is 7.99. The van der Waals surface area contributed by atoms with E-state index >= 15 is 0 Å². The van der Waals surface area contributed by atoms with Gasteiger partial charge < -0.3 is 0 Å². The summed E-state index contributed by atoms with van der Waals surface area (Å²) in [6.07, 6.45) is 3.63. The largest absolute Gasteiger partial charge is 0.299 e. The van der Waals surface area contributed by atoms with Gasteiger partial charge in [-0.15, -0.1) is 22.9 Å². The molecule has 1 saturated heterocycles. The Morgan fingerprint density at radius 3 is 3.11 bits per heavy atom. The third kappa shape index (κ3) is 4.41. The van der Waals surface area contributed by atoms with Gasteiger partial charge in [0.2, 0.25) is 0 Å². The minimum absolute atomic E-state index is 0.541. The smallest absolute Gasteiger partial charge is 0.0928 e. The molecule has 102 valence electrons. The Morgan fingerprint density at radius 2 is 2.39 bits per heavy atom. The maximum Gasteiger partial charge on any atom is 0.0928 e. The van der Waals surface area contributed by atoms with Crippen molar-refractivity contribution in [2.75, 3.05) is 24.6 Å². The van der Waals surface area contributed by atoms with E-state index in [0.29, 0.717) is 5.88 Å². The summed E-state index contributed by atoms with van der Waals surface area (Å²) in [6.45, 7) is 4.86. The monoisotopic (exact) mass is 304 g/mol. The van der Waals surface area contributed by atoms with Crippen molar-refractivity contribution >= 4 is 34.7 Å². The van der Waals surface area contributed by atoms with Gasteiger partial charge in [-0.3, -0.25) is 4.90 Å². The summed E-state index contributed by atoms with van der Waals surface area (Å²) in [7, 11) is 0. The molecule has 0 N–H and O–H groups in total. The summed E-state index contributed by atoms with van der Waals surface area (Å²) in [5, 5.41) is 3.32. The third-order valence-electron chi connectivity index (χ3n) is 3.33. The molecule has 1 aliphatic rings. The SMILES string of the molecule is CC1CSCCN1CCCCc1nc(CCl)cs1. The molecule has 0 aromatic carbocycles. The first kappa shape index (κ1) is 14.6. The summed E-state index contributed by atoms with van der Waals surface area (Å²) in [6, 6.07) is 0.756. The number of thiazole rings is 1. The number of aromatic nitrogens is 1. The van der Waals surface area contributed by atoms with Gasteiger partial charge in [0.05, 0.1) is 16.6 Å². The molecule has 0 saturated carbocycles. The van der Waals surface area contributed by atoms with Crippen molar-refractivity contribution in [3.8, 4) is 0 Å². The summed E-state index contributed by atoms with van der Waals surface area (Å²) in [4.78, 5) is 7.13. The highest BCUT2D eigenvalue weighted by Gasteiger charge is 2.17. The van der Waals surface area contributed by atoms with Gasteiger partial charge in [0, 0.05) is 29.5 Å². The lowest BCUT2D eigenvalue weighted by atomic mass is 10.2. The number of thioether (sulfide) groups is 1. The van der Waals surface area contributed by atoms with Crippen LogP contribution in [0.4, 0.5) is 0 Å². The highest BCUT2D eigenvalue weighted by Crippen LogP contribution is 2.17. The van der Waals surface area contributed by atoms with Gasteiger partial charge >= 0.3 is 0 Å². The molecule has 2 heterocycles. The van der Waals surface area contributed by atoms with Crippen LogP contribution in [0, 0.1) is 0 Å². The molecule has 1 fully saturated rings. The second-order valence-corrected chi connectivity index (χ2v) is 7.14. The molecule has 1 atom stereocenters.